The molecule has 0 radical (unpaired) electrons. The molecule has 3 aromatic carbocycles. The Hall–Kier alpha value is -3.16. The quantitative estimate of drug-likeness (QED) is 0.156. The molecule has 3 aromatic rings. The number of ether oxygens (including phenoxy) is 1. The fourth-order valence-electron chi connectivity index (χ4n) is 12.5. The third-order valence-electron chi connectivity index (χ3n) is 15.8. The van der Waals surface area contributed by atoms with Gasteiger partial charge in [0.2, 0.25) is 0 Å². The normalized spacial score (nSPS) is 37.5. The topological polar surface area (TPSA) is 135 Å². The van der Waals surface area contributed by atoms with Crippen LogP contribution in [0.5, 0.6) is 0 Å². The Labute approximate surface area is 349 Å². The van der Waals surface area contributed by atoms with Crippen molar-refractivity contribution in [3.8, 4) is 0 Å². The van der Waals surface area contributed by atoms with Gasteiger partial charge in [0.05, 0.1) is 41.8 Å². The minimum atomic E-state index is -3.96. The van der Waals surface area contributed by atoms with Crippen molar-refractivity contribution in [1.82, 2.24) is 0 Å². The summed E-state index contributed by atoms with van der Waals surface area (Å²) in [4.78, 5) is 15.6. The maximum atomic E-state index is 13.8. The van der Waals surface area contributed by atoms with Gasteiger partial charge in [0.1, 0.15) is 0 Å². The number of sulfonamides is 1. The van der Waals surface area contributed by atoms with Gasteiger partial charge >= 0.3 is 13.1 Å². The second kappa shape index (κ2) is 15.4. The number of nitrogens with zero attached hydrogens (tertiary/aromatic N) is 1. The lowest BCUT2D eigenvalue weighted by molar-refractivity contribution is -0.162. The molecule has 2 saturated heterocycles. The number of aliphatic hydroxyl groups is 2. The highest BCUT2D eigenvalue weighted by Gasteiger charge is 2.63. The summed E-state index contributed by atoms with van der Waals surface area (Å²) < 4.78 is 75.0. The molecule has 0 spiro atoms. The van der Waals surface area contributed by atoms with E-state index >= 15 is 0 Å². The summed E-state index contributed by atoms with van der Waals surface area (Å²) in [5.74, 6) is -0.918. The number of hydrogen-bond donors (Lipinski definition) is 3. The van der Waals surface area contributed by atoms with Gasteiger partial charge in [0.15, 0.2) is 0 Å². The third-order valence-corrected chi connectivity index (χ3v) is 17.3. The first-order valence-corrected chi connectivity index (χ1v) is 22.8. The minimum absolute atomic E-state index is 0.00379. The first-order chi connectivity index (χ1) is 28.7. The SMILES string of the molecule is [2H]C([2H])([2H])C(C)[C@H](C)[C@H]1OB(c2ccc(NS(=O)(=O)c3cccc4c(N(C)C)cccc34)cc2)O[C@@H]1[C@@H](C)[C@H]1CC[C@H]2[C@@H]3COC(=O)[C@H]4C[C@H](O)[C@H](O)C[C@]4(C)[C@H]3CC[C@]12C. The molecule has 14 atom stereocenters. The molecule has 3 aliphatic carbocycles. The standard InChI is InChI=1S/C46H63BN2O8S/c1-26(2)27(3)42-43(28(4)34-19-20-35-33-25-55-44(52)37-23-39(50)40(51)24-46(37,6)36(33)21-22-45(34,35)5)57-47(56-42)29-15-17-30(18-16-29)48-58(53,54)41-14-10-11-31-32(41)12-9-13-38(31)49(7)8/h9-18,26-28,33-37,39-40,42-43,48,50-51H,19-25H2,1-8H3/t27-,28-,33-,34+,35-,36-,37+,39-,40+,42+,43+,45+,46+/m0/s1/i1D3/t26?,27-,28-,33-,34+,35-,36-,37+,39-,40+,42+,43+,45+,46+. The van der Waals surface area contributed by atoms with Crippen LogP contribution in [-0.2, 0) is 28.9 Å². The van der Waals surface area contributed by atoms with Crippen LogP contribution in [0.2, 0.25) is 0 Å². The molecule has 8 rings (SSSR count). The second-order valence-corrected chi connectivity index (χ2v) is 20.8. The van der Waals surface area contributed by atoms with Crippen molar-refractivity contribution in [2.24, 2.45) is 58.2 Å². The maximum Gasteiger partial charge on any atom is 0.494 e. The number of rotatable bonds is 9. The van der Waals surface area contributed by atoms with E-state index in [9.17, 15) is 23.4 Å². The number of aliphatic hydroxyl groups excluding tert-OH is 2. The number of cyclic esters (lactones) is 1. The van der Waals surface area contributed by atoms with Crippen LogP contribution in [0.3, 0.4) is 0 Å². The van der Waals surface area contributed by atoms with Crippen LogP contribution in [-0.4, -0.2) is 76.8 Å². The van der Waals surface area contributed by atoms with Gasteiger partial charge < -0.3 is 29.2 Å². The highest BCUT2D eigenvalue weighted by Crippen LogP contribution is 2.66. The lowest BCUT2D eigenvalue weighted by atomic mass is 9.48. The highest BCUT2D eigenvalue weighted by atomic mass is 32.2. The zero-order chi connectivity index (χ0) is 44.0. The number of hydrogen-bond acceptors (Lipinski definition) is 9. The van der Waals surface area contributed by atoms with Crippen molar-refractivity contribution in [2.45, 2.75) is 109 Å². The Morgan fingerprint density at radius 1 is 0.897 bits per heavy atom. The molecule has 5 fully saturated rings. The van der Waals surface area contributed by atoms with E-state index in [0.29, 0.717) is 29.6 Å². The molecule has 1 unspecified atom stereocenters. The molecule has 2 heterocycles. The van der Waals surface area contributed by atoms with Crippen molar-refractivity contribution >= 4 is 50.7 Å². The minimum Gasteiger partial charge on any atom is -0.465 e. The van der Waals surface area contributed by atoms with Gasteiger partial charge in [0, 0.05) is 40.4 Å². The monoisotopic (exact) mass is 817 g/mol. The molecule has 0 amide bonds. The summed E-state index contributed by atoms with van der Waals surface area (Å²) in [7, 11) is -0.899. The Morgan fingerprint density at radius 2 is 1.59 bits per heavy atom. The van der Waals surface area contributed by atoms with Crippen molar-refractivity contribution in [1.29, 1.82) is 0 Å². The van der Waals surface area contributed by atoms with Crippen LogP contribution in [0.4, 0.5) is 11.4 Å². The molecule has 2 aliphatic heterocycles. The number of nitrogens with one attached hydrogen (secondary N) is 1. The Balaban J connectivity index is 1.03. The number of anilines is 2. The first kappa shape index (κ1) is 37.8. The highest BCUT2D eigenvalue weighted by molar-refractivity contribution is 7.93. The molecule has 10 nitrogen and oxygen atoms in total. The average Bonchev–Trinajstić information content (AvgIpc) is 3.79. The Kier molecular flexibility index (Phi) is 10.0. The van der Waals surface area contributed by atoms with Gasteiger partial charge in [-0.25, -0.2) is 8.42 Å². The molecular formula is C46H63BN2O8S. The van der Waals surface area contributed by atoms with Crippen LogP contribution in [0.15, 0.2) is 65.6 Å². The molecule has 3 N–H and O–H groups in total. The summed E-state index contributed by atoms with van der Waals surface area (Å²) in [5, 5.41) is 22.9. The molecule has 0 aromatic heterocycles. The van der Waals surface area contributed by atoms with Crippen LogP contribution >= 0.6 is 0 Å². The zero-order valence-electron chi connectivity index (χ0n) is 37.9. The van der Waals surface area contributed by atoms with Crippen molar-refractivity contribution in [2.75, 3.05) is 30.3 Å². The summed E-state index contributed by atoms with van der Waals surface area (Å²) in [5.41, 5.74) is 1.44. The smallest absolute Gasteiger partial charge is 0.465 e. The molecule has 3 saturated carbocycles. The number of carbonyl (C=O) groups excluding carboxylic acids is 1. The number of esters is 1. The van der Waals surface area contributed by atoms with Crippen molar-refractivity contribution in [3.05, 3.63) is 60.7 Å². The lowest BCUT2D eigenvalue weighted by Gasteiger charge is -2.56. The van der Waals surface area contributed by atoms with E-state index in [-0.39, 0.29) is 58.2 Å². The van der Waals surface area contributed by atoms with Crippen LogP contribution in [0, 0.1) is 58.2 Å². The van der Waals surface area contributed by atoms with Gasteiger partial charge in [-0.1, -0.05) is 77.9 Å². The largest absolute Gasteiger partial charge is 0.494 e. The summed E-state index contributed by atoms with van der Waals surface area (Å²) in [6, 6.07) is 17.9. The van der Waals surface area contributed by atoms with Gasteiger partial charge in [-0.2, -0.15) is 0 Å². The van der Waals surface area contributed by atoms with E-state index in [4.69, 9.17) is 18.2 Å². The van der Waals surface area contributed by atoms with E-state index in [1.165, 1.54) is 0 Å². The van der Waals surface area contributed by atoms with E-state index in [1.807, 2.05) is 50.2 Å². The van der Waals surface area contributed by atoms with E-state index in [1.54, 1.807) is 43.3 Å². The predicted octanol–water partition coefficient (Wildman–Crippen LogP) is 6.87. The van der Waals surface area contributed by atoms with Gasteiger partial charge in [0.25, 0.3) is 10.0 Å². The van der Waals surface area contributed by atoms with E-state index in [0.717, 1.165) is 36.8 Å². The number of fused-ring (bicyclic) bond motifs is 6. The second-order valence-electron chi connectivity index (χ2n) is 19.2. The fraction of sp³-hybridized carbons (Fsp3) is 0.630. The van der Waals surface area contributed by atoms with E-state index in [2.05, 4.69) is 25.5 Å². The number of carbonyl (C=O) groups is 1. The number of benzene rings is 3. The lowest BCUT2D eigenvalue weighted by Crippen LogP contribution is -2.55. The Morgan fingerprint density at radius 3 is 2.31 bits per heavy atom. The summed E-state index contributed by atoms with van der Waals surface area (Å²) in [6.07, 6.45) is 1.62. The van der Waals surface area contributed by atoms with Crippen molar-refractivity contribution in [3.63, 3.8) is 0 Å². The predicted molar refractivity (Wildman–Crippen MR) is 228 cm³/mol. The molecule has 0 bridgehead atoms. The maximum absolute atomic E-state index is 13.8. The van der Waals surface area contributed by atoms with E-state index < -0.39 is 65.7 Å². The first-order valence-electron chi connectivity index (χ1n) is 22.8. The molecule has 12 heteroatoms. The van der Waals surface area contributed by atoms with Crippen molar-refractivity contribution < 1.29 is 41.6 Å². The third kappa shape index (κ3) is 6.96. The summed E-state index contributed by atoms with van der Waals surface area (Å²) >= 11 is 0. The van der Waals surface area contributed by atoms with Gasteiger partial charge in [-0.05, 0) is 121 Å². The van der Waals surface area contributed by atoms with Crippen LogP contribution in [0.1, 0.15) is 84.1 Å². The van der Waals surface area contributed by atoms with Crippen LogP contribution in [0.25, 0.3) is 10.8 Å². The summed E-state index contributed by atoms with van der Waals surface area (Å²) in [6.45, 7) is 8.57. The molecule has 5 aliphatic rings. The fourth-order valence-corrected chi connectivity index (χ4v) is 13.8. The Bertz CT molecular complexity index is 2230. The van der Waals surface area contributed by atoms with Gasteiger partial charge in [-0.15, -0.1) is 0 Å². The average molecular weight is 818 g/mol. The van der Waals surface area contributed by atoms with Crippen LogP contribution < -0.4 is 15.1 Å². The zero-order valence-corrected chi connectivity index (χ0v) is 35.7. The molecule has 314 valence electrons. The van der Waals surface area contributed by atoms with Gasteiger partial charge in [-0.3, -0.25) is 9.52 Å². The molecule has 58 heavy (non-hydrogen) atoms. The molecular weight excluding hydrogens is 751 g/mol.